The molecular formula is C5H6AlN3. The number of anilines is 2. The van der Waals surface area contributed by atoms with Gasteiger partial charge < -0.3 is 11.5 Å². The summed E-state index contributed by atoms with van der Waals surface area (Å²) in [6, 6.07) is 3.51. The van der Waals surface area contributed by atoms with Gasteiger partial charge in [0.05, 0.1) is 0 Å². The van der Waals surface area contributed by atoms with E-state index in [9.17, 15) is 0 Å². The molecule has 0 aromatic carbocycles. The quantitative estimate of drug-likeness (QED) is 0.450. The predicted molar refractivity (Wildman–Crippen MR) is 38.4 cm³/mol. The molecule has 0 amide bonds. The zero-order chi connectivity index (χ0) is 6.85. The Morgan fingerprint density at radius 2 is 2.00 bits per heavy atom. The monoisotopic (exact) mass is 135 g/mol. The number of pyridine rings is 1. The van der Waals surface area contributed by atoms with Crippen molar-refractivity contribution < 1.29 is 0 Å². The number of rotatable bonds is 0. The highest BCUT2D eigenvalue weighted by atomic mass is 27.0. The lowest BCUT2D eigenvalue weighted by atomic mass is 10.4. The second-order valence-corrected chi connectivity index (χ2v) is 2.33. The van der Waals surface area contributed by atoms with E-state index in [1.54, 1.807) is 6.07 Å². The van der Waals surface area contributed by atoms with E-state index >= 15 is 0 Å². The van der Waals surface area contributed by atoms with Crippen molar-refractivity contribution in [3.63, 3.8) is 0 Å². The third kappa shape index (κ3) is 1.35. The van der Waals surface area contributed by atoms with Gasteiger partial charge in [-0.3, -0.25) is 0 Å². The minimum atomic E-state index is 0.457. The topological polar surface area (TPSA) is 64.9 Å². The molecule has 0 aliphatic rings. The highest BCUT2D eigenvalue weighted by Crippen LogP contribution is 1.96. The van der Waals surface area contributed by atoms with Crippen LogP contribution < -0.4 is 15.9 Å². The molecule has 4 heteroatoms. The van der Waals surface area contributed by atoms with Crippen molar-refractivity contribution in [2.45, 2.75) is 0 Å². The largest absolute Gasteiger partial charge is 0.385 e. The molecule has 44 valence electrons. The van der Waals surface area contributed by atoms with Gasteiger partial charge in [-0.15, -0.1) is 0 Å². The van der Waals surface area contributed by atoms with Crippen LogP contribution in [0.4, 0.5) is 11.6 Å². The van der Waals surface area contributed by atoms with Gasteiger partial charge in [0, 0.05) is 0 Å². The maximum Gasteiger partial charge on any atom is 0.181 e. The zero-order valence-corrected chi connectivity index (χ0v) is 5.99. The fraction of sp³-hybridized carbons (Fsp3) is 0. The molecule has 0 fully saturated rings. The van der Waals surface area contributed by atoms with Crippen molar-refractivity contribution in [3.8, 4) is 0 Å². The number of nitrogens with zero attached hydrogens (tertiary/aromatic N) is 1. The van der Waals surface area contributed by atoms with Crippen LogP contribution in [-0.4, -0.2) is 21.3 Å². The minimum Gasteiger partial charge on any atom is -0.385 e. The number of nitrogen functional groups attached to an aromatic ring is 2. The summed E-state index contributed by atoms with van der Waals surface area (Å²) in [4.78, 5) is 3.81. The molecule has 0 saturated heterocycles. The standard InChI is InChI=1S/C5H6N3.Al/c6-4-2-1-3-5(7)8-4;/h1-2H,(H4,6,7,8);. The minimum absolute atomic E-state index is 0.457. The molecule has 0 aliphatic carbocycles. The van der Waals surface area contributed by atoms with Crippen molar-refractivity contribution >= 4 is 32.4 Å². The van der Waals surface area contributed by atoms with Crippen LogP contribution in [0.5, 0.6) is 0 Å². The number of hydrogen-bond acceptors (Lipinski definition) is 3. The van der Waals surface area contributed by atoms with Crippen LogP contribution >= 0.6 is 0 Å². The third-order valence-electron chi connectivity index (χ3n) is 0.979. The van der Waals surface area contributed by atoms with Gasteiger partial charge in [0.1, 0.15) is 11.6 Å². The van der Waals surface area contributed by atoms with E-state index in [-0.39, 0.29) is 0 Å². The highest BCUT2D eigenvalue weighted by molar-refractivity contribution is 6.35. The predicted octanol–water partition coefficient (Wildman–Crippen LogP) is -0.960. The molecule has 0 aliphatic heterocycles. The molecule has 3 nitrogen and oxygen atoms in total. The van der Waals surface area contributed by atoms with Crippen molar-refractivity contribution in [3.05, 3.63) is 12.1 Å². The van der Waals surface area contributed by atoms with Crippen molar-refractivity contribution in [2.75, 3.05) is 11.5 Å². The van der Waals surface area contributed by atoms with E-state index in [0.29, 0.717) is 11.6 Å². The number of hydrogen-bond donors (Lipinski definition) is 2. The van der Waals surface area contributed by atoms with Gasteiger partial charge >= 0.3 is 0 Å². The Balaban J connectivity index is 3.17. The van der Waals surface area contributed by atoms with Crippen LogP contribution in [0.2, 0.25) is 0 Å². The molecule has 1 rings (SSSR count). The summed E-state index contributed by atoms with van der Waals surface area (Å²) in [5.74, 6) is 0.929. The molecule has 9 heavy (non-hydrogen) atoms. The van der Waals surface area contributed by atoms with Crippen LogP contribution in [0.3, 0.4) is 0 Å². The second kappa shape index (κ2) is 2.26. The summed E-state index contributed by atoms with van der Waals surface area (Å²) in [7, 11) is 0. The smallest absolute Gasteiger partial charge is 0.181 e. The first-order valence-electron chi connectivity index (χ1n) is 2.47. The van der Waals surface area contributed by atoms with E-state index in [0.717, 1.165) is 4.43 Å². The Morgan fingerprint density at radius 1 is 1.33 bits per heavy atom. The van der Waals surface area contributed by atoms with Gasteiger partial charge in [0.2, 0.25) is 0 Å². The van der Waals surface area contributed by atoms with Crippen molar-refractivity contribution in [1.29, 1.82) is 0 Å². The zero-order valence-electron chi connectivity index (χ0n) is 4.83. The average Bonchev–Trinajstić information content (AvgIpc) is 1.80. The Hall–Kier alpha value is -0.718. The molecule has 0 unspecified atom stereocenters. The Kier molecular flexibility index (Phi) is 1.61. The Bertz CT molecular complexity index is 223. The fourth-order valence-corrected chi connectivity index (χ4v) is 0.662. The summed E-state index contributed by atoms with van der Waals surface area (Å²) >= 11 is 2.47. The van der Waals surface area contributed by atoms with Gasteiger partial charge in [-0.1, -0.05) is 10.5 Å². The lowest BCUT2D eigenvalue weighted by Crippen LogP contribution is -2.12. The van der Waals surface area contributed by atoms with Crippen molar-refractivity contribution in [2.24, 2.45) is 0 Å². The number of aromatic nitrogens is 1. The molecule has 0 saturated carbocycles. The maximum absolute atomic E-state index is 5.41. The molecule has 0 bridgehead atoms. The highest BCUT2D eigenvalue weighted by Gasteiger charge is 1.90. The second-order valence-electron chi connectivity index (χ2n) is 1.71. The summed E-state index contributed by atoms with van der Waals surface area (Å²) in [6.45, 7) is 0. The normalized spacial score (nSPS) is 9.33. The van der Waals surface area contributed by atoms with Gasteiger partial charge in [-0.05, 0) is 6.07 Å². The van der Waals surface area contributed by atoms with E-state index < -0.39 is 0 Å². The Morgan fingerprint density at radius 3 is 2.44 bits per heavy atom. The van der Waals surface area contributed by atoms with Crippen LogP contribution in [-0.2, 0) is 0 Å². The third-order valence-corrected chi connectivity index (χ3v) is 1.47. The van der Waals surface area contributed by atoms with E-state index in [4.69, 9.17) is 11.5 Å². The molecular weight excluding hydrogens is 129 g/mol. The molecule has 4 N–H and O–H groups in total. The molecule has 1 aromatic heterocycles. The fourth-order valence-electron chi connectivity index (χ4n) is 0.501. The average molecular weight is 135 g/mol. The van der Waals surface area contributed by atoms with Crippen molar-refractivity contribution in [1.82, 2.24) is 4.98 Å². The first kappa shape index (κ1) is 6.40. The van der Waals surface area contributed by atoms with Crippen LogP contribution in [0.15, 0.2) is 12.1 Å². The Labute approximate surface area is 61.5 Å². The molecule has 1 aromatic rings. The first-order chi connectivity index (χ1) is 4.20. The maximum atomic E-state index is 5.41. The lowest BCUT2D eigenvalue weighted by molar-refractivity contribution is 1.36. The lowest BCUT2D eigenvalue weighted by Gasteiger charge is -1.98. The van der Waals surface area contributed by atoms with Crippen LogP contribution in [0.25, 0.3) is 0 Å². The van der Waals surface area contributed by atoms with Gasteiger partial charge in [0.15, 0.2) is 16.3 Å². The van der Waals surface area contributed by atoms with Crippen LogP contribution in [0.1, 0.15) is 0 Å². The van der Waals surface area contributed by atoms with Gasteiger partial charge in [-0.25, -0.2) is 4.98 Å². The van der Waals surface area contributed by atoms with E-state index in [2.05, 4.69) is 21.3 Å². The molecule has 0 atom stereocenters. The van der Waals surface area contributed by atoms with E-state index in [1.165, 1.54) is 0 Å². The number of nitrogens with two attached hydrogens (primary N) is 2. The molecule has 1 heterocycles. The summed E-state index contributed by atoms with van der Waals surface area (Å²) in [5, 5.41) is 0. The SMILES string of the molecule is Nc1cc[c]([Al])c(N)n1. The molecule has 0 spiro atoms. The summed E-state index contributed by atoms with van der Waals surface area (Å²) < 4.78 is 0.879. The first-order valence-corrected chi connectivity index (χ1v) is 3.05. The van der Waals surface area contributed by atoms with Crippen LogP contribution in [0, 0.1) is 0 Å². The summed E-state index contributed by atoms with van der Waals surface area (Å²) in [6.07, 6.45) is 0. The van der Waals surface area contributed by atoms with Gasteiger partial charge in [-0.2, -0.15) is 0 Å². The van der Waals surface area contributed by atoms with E-state index in [1.807, 2.05) is 6.07 Å². The van der Waals surface area contributed by atoms with Gasteiger partial charge in [0.25, 0.3) is 0 Å². The molecule has 2 radical (unpaired) electrons. The summed E-state index contributed by atoms with van der Waals surface area (Å²) in [5.41, 5.74) is 10.7.